The molecule has 0 aromatic heterocycles. The molecule has 122 valence electrons. The van der Waals surface area contributed by atoms with Crippen molar-refractivity contribution in [3.05, 3.63) is 58.1 Å². The number of benzene rings is 2. The zero-order chi connectivity index (χ0) is 16.4. The minimum atomic E-state index is 0.425. The van der Waals surface area contributed by atoms with Gasteiger partial charge in [0.25, 0.3) is 0 Å². The van der Waals surface area contributed by atoms with Gasteiger partial charge in [-0.1, -0.05) is 30.3 Å². The Morgan fingerprint density at radius 1 is 0.913 bits per heavy atom. The lowest BCUT2D eigenvalue weighted by Crippen LogP contribution is -2.28. The van der Waals surface area contributed by atoms with Gasteiger partial charge >= 0.3 is 0 Å². The van der Waals surface area contributed by atoms with Gasteiger partial charge in [0.1, 0.15) is 11.5 Å². The summed E-state index contributed by atoms with van der Waals surface area (Å²) in [6.45, 7) is 5.12. The molecule has 0 fully saturated rings. The van der Waals surface area contributed by atoms with Crippen LogP contribution in [0, 0.1) is 13.8 Å². The summed E-state index contributed by atoms with van der Waals surface area (Å²) in [5.74, 6) is 2.06. The van der Waals surface area contributed by atoms with Crippen LogP contribution in [0.2, 0.25) is 0 Å². The molecule has 23 heavy (non-hydrogen) atoms. The maximum absolute atomic E-state index is 5.70. The number of hydrogen-bond acceptors (Lipinski definition) is 3. The molecular formula is C20H25NO2. The van der Waals surface area contributed by atoms with Crippen molar-refractivity contribution in [1.82, 2.24) is 5.32 Å². The molecular weight excluding hydrogens is 286 g/mol. The summed E-state index contributed by atoms with van der Waals surface area (Å²) in [6, 6.07) is 11.0. The van der Waals surface area contributed by atoms with E-state index in [4.69, 9.17) is 9.47 Å². The van der Waals surface area contributed by atoms with Crippen molar-refractivity contribution in [1.29, 1.82) is 0 Å². The number of nitrogens with one attached hydrogen (secondary N) is 1. The largest absolute Gasteiger partial charge is 0.496 e. The van der Waals surface area contributed by atoms with E-state index in [1.54, 1.807) is 14.2 Å². The van der Waals surface area contributed by atoms with Crippen molar-refractivity contribution < 1.29 is 9.47 Å². The SMILES string of the molecule is COc1c(C)c(C)c(OC)c2c1CC(NCc1ccccc1)C2. The van der Waals surface area contributed by atoms with Gasteiger partial charge < -0.3 is 14.8 Å². The first-order valence-electron chi connectivity index (χ1n) is 8.15. The zero-order valence-corrected chi connectivity index (χ0v) is 14.4. The first-order valence-corrected chi connectivity index (χ1v) is 8.15. The van der Waals surface area contributed by atoms with Crippen LogP contribution in [0.5, 0.6) is 11.5 Å². The van der Waals surface area contributed by atoms with E-state index in [1.165, 1.54) is 27.8 Å². The Bertz CT molecular complexity index is 656. The van der Waals surface area contributed by atoms with Gasteiger partial charge in [-0.3, -0.25) is 0 Å². The van der Waals surface area contributed by atoms with Crippen LogP contribution in [0.3, 0.4) is 0 Å². The van der Waals surface area contributed by atoms with Crippen LogP contribution in [-0.2, 0) is 19.4 Å². The van der Waals surface area contributed by atoms with E-state index >= 15 is 0 Å². The van der Waals surface area contributed by atoms with E-state index < -0.39 is 0 Å². The Hall–Kier alpha value is -2.00. The monoisotopic (exact) mass is 311 g/mol. The van der Waals surface area contributed by atoms with E-state index in [-0.39, 0.29) is 0 Å². The molecule has 3 rings (SSSR count). The lowest BCUT2D eigenvalue weighted by molar-refractivity contribution is 0.392. The molecule has 1 aliphatic carbocycles. The fourth-order valence-electron chi connectivity index (χ4n) is 3.62. The Labute approximate surface area is 138 Å². The van der Waals surface area contributed by atoms with Crippen LogP contribution in [-0.4, -0.2) is 20.3 Å². The van der Waals surface area contributed by atoms with E-state index in [0.717, 1.165) is 30.9 Å². The van der Waals surface area contributed by atoms with Crippen LogP contribution in [0.1, 0.15) is 27.8 Å². The predicted octanol–water partition coefficient (Wildman–Crippen LogP) is 3.58. The second-order valence-corrected chi connectivity index (χ2v) is 6.25. The van der Waals surface area contributed by atoms with Crippen LogP contribution in [0.25, 0.3) is 0 Å². The number of methoxy groups -OCH3 is 2. The van der Waals surface area contributed by atoms with Crippen LogP contribution >= 0.6 is 0 Å². The lowest BCUT2D eigenvalue weighted by Gasteiger charge is -2.17. The summed E-state index contributed by atoms with van der Waals surface area (Å²) in [5, 5.41) is 3.68. The van der Waals surface area contributed by atoms with Crippen molar-refractivity contribution in [3.8, 4) is 11.5 Å². The smallest absolute Gasteiger partial charge is 0.125 e. The molecule has 0 bridgehead atoms. The molecule has 0 amide bonds. The molecule has 0 saturated carbocycles. The Morgan fingerprint density at radius 3 is 1.91 bits per heavy atom. The molecule has 0 unspecified atom stereocenters. The molecule has 3 heteroatoms. The summed E-state index contributed by atoms with van der Waals surface area (Å²) in [6.07, 6.45) is 1.98. The molecule has 0 aliphatic heterocycles. The highest BCUT2D eigenvalue weighted by Gasteiger charge is 2.30. The van der Waals surface area contributed by atoms with Crippen molar-refractivity contribution in [2.45, 2.75) is 39.3 Å². The molecule has 2 aromatic carbocycles. The molecule has 0 spiro atoms. The highest BCUT2D eigenvalue weighted by atomic mass is 16.5. The second-order valence-electron chi connectivity index (χ2n) is 6.25. The summed E-state index contributed by atoms with van der Waals surface area (Å²) in [7, 11) is 3.53. The summed E-state index contributed by atoms with van der Waals surface area (Å²) in [4.78, 5) is 0. The average Bonchev–Trinajstić information content (AvgIpc) is 2.99. The third kappa shape index (κ3) is 2.93. The van der Waals surface area contributed by atoms with E-state index in [2.05, 4.69) is 49.5 Å². The van der Waals surface area contributed by atoms with Gasteiger partial charge in [0.05, 0.1) is 14.2 Å². The third-order valence-electron chi connectivity index (χ3n) is 4.90. The van der Waals surface area contributed by atoms with Gasteiger partial charge in [0.2, 0.25) is 0 Å². The fourth-order valence-corrected chi connectivity index (χ4v) is 3.62. The zero-order valence-electron chi connectivity index (χ0n) is 14.4. The van der Waals surface area contributed by atoms with Gasteiger partial charge in [-0.05, 0) is 43.4 Å². The summed E-state index contributed by atoms with van der Waals surface area (Å²) >= 11 is 0. The molecule has 2 aromatic rings. The lowest BCUT2D eigenvalue weighted by atomic mass is 9.98. The first-order chi connectivity index (χ1) is 11.2. The van der Waals surface area contributed by atoms with Crippen molar-refractivity contribution in [2.75, 3.05) is 14.2 Å². The maximum Gasteiger partial charge on any atom is 0.125 e. The van der Waals surface area contributed by atoms with Crippen LogP contribution in [0.15, 0.2) is 30.3 Å². The van der Waals surface area contributed by atoms with E-state index in [0.29, 0.717) is 6.04 Å². The Kier molecular flexibility index (Phi) is 4.58. The minimum Gasteiger partial charge on any atom is -0.496 e. The Morgan fingerprint density at radius 2 is 1.43 bits per heavy atom. The van der Waals surface area contributed by atoms with Crippen LogP contribution < -0.4 is 14.8 Å². The topological polar surface area (TPSA) is 30.5 Å². The van der Waals surface area contributed by atoms with Crippen molar-refractivity contribution >= 4 is 0 Å². The molecule has 0 radical (unpaired) electrons. The average molecular weight is 311 g/mol. The van der Waals surface area contributed by atoms with Gasteiger partial charge in [-0.2, -0.15) is 0 Å². The van der Waals surface area contributed by atoms with Crippen molar-refractivity contribution in [2.24, 2.45) is 0 Å². The first kappa shape index (κ1) is 15.9. The van der Waals surface area contributed by atoms with E-state index in [1.807, 2.05) is 0 Å². The fraction of sp³-hybridized carbons (Fsp3) is 0.400. The van der Waals surface area contributed by atoms with E-state index in [9.17, 15) is 0 Å². The van der Waals surface area contributed by atoms with Gasteiger partial charge in [-0.15, -0.1) is 0 Å². The maximum atomic E-state index is 5.70. The van der Waals surface area contributed by atoms with Crippen molar-refractivity contribution in [3.63, 3.8) is 0 Å². The molecule has 3 nitrogen and oxygen atoms in total. The molecule has 1 N–H and O–H groups in total. The number of rotatable bonds is 5. The standard InChI is InChI=1S/C20H25NO2/c1-13-14(2)20(23-4)18-11-16(10-17(18)19(13)22-3)21-12-15-8-6-5-7-9-15/h5-9,16,21H,10-12H2,1-4H3. The highest BCUT2D eigenvalue weighted by molar-refractivity contribution is 5.60. The normalized spacial score (nSPS) is 13.9. The van der Waals surface area contributed by atoms with Crippen LogP contribution in [0.4, 0.5) is 0 Å². The Balaban J connectivity index is 1.82. The number of ether oxygens (including phenoxy) is 2. The third-order valence-corrected chi connectivity index (χ3v) is 4.90. The van der Waals surface area contributed by atoms with Gasteiger partial charge in [-0.25, -0.2) is 0 Å². The molecule has 0 heterocycles. The van der Waals surface area contributed by atoms with Gasteiger partial charge in [0.15, 0.2) is 0 Å². The number of hydrogen-bond donors (Lipinski definition) is 1. The minimum absolute atomic E-state index is 0.425. The molecule has 0 saturated heterocycles. The molecule has 1 aliphatic rings. The summed E-state index contributed by atoms with van der Waals surface area (Å²) in [5.41, 5.74) is 6.30. The highest BCUT2D eigenvalue weighted by Crippen LogP contribution is 2.42. The molecule has 0 atom stereocenters. The second kappa shape index (κ2) is 6.63. The predicted molar refractivity (Wildman–Crippen MR) is 93.5 cm³/mol. The number of fused-ring (bicyclic) bond motifs is 1. The quantitative estimate of drug-likeness (QED) is 0.915. The summed E-state index contributed by atoms with van der Waals surface area (Å²) < 4.78 is 11.4. The van der Waals surface area contributed by atoms with Gasteiger partial charge in [0, 0.05) is 23.7 Å².